The highest BCUT2D eigenvalue weighted by Crippen LogP contribution is 2.58. The molecule has 0 aromatic carbocycles. The van der Waals surface area contributed by atoms with Crippen LogP contribution in [0, 0.1) is 29.6 Å². The van der Waals surface area contributed by atoms with E-state index in [1.807, 2.05) is 0 Å². The largest absolute Gasteiger partial charge is 0.480 e. The van der Waals surface area contributed by atoms with Gasteiger partial charge in [-0.1, -0.05) is 0 Å². The Kier molecular flexibility index (Phi) is 2.51. The van der Waals surface area contributed by atoms with Crippen molar-refractivity contribution in [2.45, 2.75) is 38.1 Å². The minimum absolute atomic E-state index is 0.470. The summed E-state index contributed by atoms with van der Waals surface area (Å²) < 4.78 is 0. The Bertz CT molecular complexity index is 392. The van der Waals surface area contributed by atoms with Gasteiger partial charge in [-0.05, 0) is 55.8 Å². The van der Waals surface area contributed by atoms with Crippen LogP contribution in [0.1, 0.15) is 32.1 Å². The van der Waals surface area contributed by atoms with Crippen LogP contribution in [0.2, 0.25) is 0 Å². The summed E-state index contributed by atoms with van der Waals surface area (Å²) in [7, 11) is 0. The maximum atomic E-state index is 11.0. The first-order valence-corrected chi connectivity index (χ1v) is 8.12. The van der Waals surface area contributed by atoms with E-state index in [-0.39, 0.29) is 0 Å². The van der Waals surface area contributed by atoms with Gasteiger partial charge in [0.05, 0.1) is 5.04 Å². The molecule has 0 spiro atoms. The number of carboxylic acid groups (broad SMARTS) is 1. The van der Waals surface area contributed by atoms with Gasteiger partial charge in [-0.3, -0.25) is 4.99 Å². The molecule has 18 heavy (non-hydrogen) atoms. The summed E-state index contributed by atoms with van der Waals surface area (Å²) in [6, 6.07) is -0.470. The molecule has 0 amide bonds. The minimum Gasteiger partial charge on any atom is -0.480 e. The van der Waals surface area contributed by atoms with E-state index in [9.17, 15) is 4.79 Å². The lowest BCUT2D eigenvalue weighted by atomic mass is 9.52. The van der Waals surface area contributed by atoms with Crippen molar-refractivity contribution in [2.75, 3.05) is 5.75 Å². The van der Waals surface area contributed by atoms with Crippen molar-refractivity contribution in [1.82, 2.24) is 0 Å². The molecule has 1 heterocycles. The molecule has 5 rings (SSSR count). The molecule has 4 aliphatic carbocycles. The van der Waals surface area contributed by atoms with Gasteiger partial charge in [0.25, 0.3) is 0 Å². The zero-order chi connectivity index (χ0) is 12.3. The van der Waals surface area contributed by atoms with Gasteiger partial charge in [0.1, 0.15) is 0 Å². The third-order valence-electron chi connectivity index (χ3n) is 5.47. The van der Waals surface area contributed by atoms with Crippen LogP contribution in [-0.4, -0.2) is 27.9 Å². The third kappa shape index (κ3) is 1.64. The molecule has 0 radical (unpaired) electrons. The Morgan fingerprint density at radius 3 is 2.22 bits per heavy atom. The highest BCUT2D eigenvalue weighted by molar-refractivity contribution is 8.14. The van der Waals surface area contributed by atoms with Crippen LogP contribution < -0.4 is 0 Å². The number of carboxylic acids is 1. The number of aliphatic imine (C=N–C) groups is 1. The van der Waals surface area contributed by atoms with Crippen molar-refractivity contribution in [3.8, 4) is 0 Å². The van der Waals surface area contributed by atoms with Crippen LogP contribution in [0.4, 0.5) is 0 Å². The van der Waals surface area contributed by atoms with Crippen LogP contribution in [-0.2, 0) is 4.79 Å². The second kappa shape index (κ2) is 3.99. The lowest BCUT2D eigenvalue weighted by Crippen LogP contribution is -2.47. The fourth-order valence-electron chi connectivity index (χ4n) is 5.03. The number of hydrogen-bond acceptors (Lipinski definition) is 3. The molecular formula is C14H19NO2S. The van der Waals surface area contributed by atoms with Crippen molar-refractivity contribution < 1.29 is 9.90 Å². The molecule has 98 valence electrons. The molecule has 1 unspecified atom stereocenters. The lowest BCUT2D eigenvalue weighted by Gasteiger charge is -2.54. The van der Waals surface area contributed by atoms with E-state index in [2.05, 4.69) is 4.99 Å². The number of hydrogen-bond donors (Lipinski definition) is 1. The number of thioether (sulfide) groups is 1. The van der Waals surface area contributed by atoms with Crippen LogP contribution in [0.5, 0.6) is 0 Å². The van der Waals surface area contributed by atoms with Gasteiger partial charge in [-0.25, -0.2) is 4.79 Å². The Morgan fingerprint density at radius 1 is 1.11 bits per heavy atom. The van der Waals surface area contributed by atoms with E-state index in [0.717, 1.165) is 23.7 Å². The van der Waals surface area contributed by atoms with Gasteiger partial charge in [0.2, 0.25) is 0 Å². The summed E-state index contributed by atoms with van der Waals surface area (Å²) >= 11 is 1.73. The molecular weight excluding hydrogens is 246 g/mol. The smallest absolute Gasteiger partial charge is 0.329 e. The van der Waals surface area contributed by atoms with Crippen LogP contribution in [0.15, 0.2) is 4.99 Å². The number of nitrogens with zero attached hydrogens (tertiary/aromatic N) is 1. The van der Waals surface area contributed by atoms with E-state index < -0.39 is 12.0 Å². The molecule has 4 fully saturated rings. The van der Waals surface area contributed by atoms with E-state index in [1.165, 1.54) is 37.1 Å². The molecule has 1 N–H and O–H groups in total. The summed E-state index contributed by atoms with van der Waals surface area (Å²) in [5.74, 6) is 4.12. The second-order valence-electron chi connectivity index (χ2n) is 6.59. The zero-order valence-corrected chi connectivity index (χ0v) is 11.2. The van der Waals surface area contributed by atoms with E-state index in [4.69, 9.17) is 5.11 Å². The SMILES string of the molecule is O=C(O)C1CSC(C2C3CC4CC(C3)CC2C4)=N1. The first-order valence-electron chi connectivity index (χ1n) is 7.14. The number of aliphatic carboxylic acids is 1. The molecule has 1 atom stereocenters. The summed E-state index contributed by atoms with van der Waals surface area (Å²) in [5.41, 5.74) is 0. The molecule has 0 aromatic rings. The molecule has 1 aliphatic heterocycles. The fourth-order valence-corrected chi connectivity index (χ4v) is 6.35. The van der Waals surface area contributed by atoms with Gasteiger partial charge in [-0.15, -0.1) is 11.8 Å². The van der Waals surface area contributed by atoms with Gasteiger partial charge >= 0.3 is 5.97 Å². The average molecular weight is 265 g/mol. The van der Waals surface area contributed by atoms with Crippen LogP contribution >= 0.6 is 11.8 Å². The second-order valence-corrected chi connectivity index (χ2v) is 7.63. The standard InChI is InChI=1S/C14H19NO2S/c16-14(17)11-6-18-13(15-11)12-9-2-7-1-8(4-9)5-10(12)3-7/h7-12H,1-6H2,(H,16,17). The Morgan fingerprint density at radius 2 is 1.72 bits per heavy atom. The summed E-state index contributed by atoms with van der Waals surface area (Å²) in [5, 5.41) is 10.3. The number of carbonyl (C=O) groups is 1. The van der Waals surface area contributed by atoms with E-state index >= 15 is 0 Å². The summed E-state index contributed by atoms with van der Waals surface area (Å²) in [6.07, 6.45) is 7.00. The Balaban J connectivity index is 1.59. The molecule has 3 nitrogen and oxygen atoms in total. The predicted octanol–water partition coefficient (Wildman–Crippen LogP) is 2.66. The van der Waals surface area contributed by atoms with Crippen molar-refractivity contribution in [3.63, 3.8) is 0 Å². The van der Waals surface area contributed by atoms with Crippen molar-refractivity contribution in [1.29, 1.82) is 0 Å². The molecule has 0 aromatic heterocycles. The van der Waals surface area contributed by atoms with E-state index in [0.29, 0.717) is 11.7 Å². The van der Waals surface area contributed by atoms with Gasteiger partial charge in [0.15, 0.2) is 6.04 Å². The van der Waals surface area contributed by atoms with Crippen LogP contribution in [0.3, 0.4) is 0 Å². The lowest BCUT2D eigenvalue weighted by molar-refractivity contribution is -0.137. The maximum Gasteiger partial charge on any atom is 0.329 e. The third-order valence-corrected chi connectivity index (χ3v) is 6.62. The number of rotatable bonds is 2. The molecule has 4 heteroatoms. The Hall–Kier alpha value is -0.510. The van der Waals surface area contributed by atoms with E-state index in [1.54, 1.807) is 11.8 Å². The molecule has 4 saturated carbocycles. The predicted molar refractivity (Wildman–Crippen MR) is 71.9 cm³/mol. The topological polar surface area (TPSA) is 49.7 Å². The molecule has 4 bridgehead atoms. The van der Waals surface area contributed by atoms with Crippen LogP contribution in [0.25, 0.3) is 0 Å². The van der Waals surface area contributed by atoms with Gasteiger partial charge in [-0.2, -0.15) is 0 Å². The first kappa shape index (κ1) is 11.3. The van der Waals surface area contributed by atoms with Gasteiger partial charge < -0.3 is 5.11 Å². The summed E-state index contributed by atoms with van der Waals surface area (Å²) in [4.78, 5) is 15.5. The molecule has 0 saturated heterocycles. The van der Waals surface area contributed by atoms with Crippen molar-refractivity contribution in [2.24, 2.45) is 34.6 Å². The minimum atomic E-state index is -0.749. The summed E-state index contributed by atoms with van der Waals surface area (Å²) in [6.45, 7) is 0. The first-order chi connectivity index (χ1) is 8.70. The quantitative estimate of drug-likeness (QED) is 0.835. The van der Waals surface area contributed by atoms with Crippen molar-refractivity contribution in [3.05, 3.63) is 0 Å². The highest BCUT2D eigenvalue weighted by Gasteiger charge is 2.50. The maximum absolute atomic E-state index is 11.0. The normalized spacial score (nSPS) is 49.4. The Labute approximate surface area is 111 Å². The molecule has 5 aliphatic rings. The average Bonchev–Trinajstić information content (AvgIpc) is 2.77. The highest BCUT2D eigenvalue weighted by atomic mass is 32.2. The zero-order valence-electron chi connectivity index (χ0n) is 10.4. The van der Waals surface area contributed by atoms with Crippen molar-refractivity contribution >= 4 is 22.8 Å². The monoisotopic (exact) mass is 265 g/mol. The van der Waals surface area contributed by atoms with Gasteiger partial charge in [0, 0.05) is 11.7 Å². The fraction of sp³-hybridized carbons (Fsp3) is 0.857.